The normalized spacial score (nSPS) is 12.2. The van der Waals surface area contributed by atoms with Crippen LogP contribution < -0.4 is 0 Å². The Bertz CT molecular complexity index is 373. The summed E-state index contributed by atoms with van der Waals surface area (Å²) in [6.07, 6.45) is 3.39. The molecule has 0 heterocycles. The number of alkyl halides is 1. The van der Waals surface area contributed by atoms with Crippen molar-refractivity contribution in [2.75, 3.05) is 0 Å². The third kappa shape index (κ3) is 2.15. The van der Waals surface area contributed by atoms with Crippen molar-refractivity contribution in [3.8, 4) is 18.1 Å². The fourth-order valence-electron chi connectivity index (χ4n) is 0.836. The SMILES string of the molecule is C#CC(F)c1cc(Cl)c(O)cc1Br. The highest BCUT2D eigenvalue weighted by atomic mass is 79.9. The molecule has 0 spiro atoms. The van der Waals surface area contributed by atoms with Crippen molar-refractivity contribution in [1.29, 1.82) is 0 Å². The molecular weight excluding hydrogens is 258 g/mol. The smallest absolute Gasteiger partial charge is 0.186 e. The van der Waals surface area contributed by atoms with Crippen LogP contribution in [-0.4, -0.2) is 5.11 Å². The molecule has 1 aromatic rings. The lowest BCUT2D eigenvalue weighted by Gasteiger charge is -2.06. The van der Waals surface area contributed by atoms with Crippen molar-refractivity contribution < 1.29 is 9.50 Å². The topological polar surface area (TPSA) is 20.2 Å². The maximum Gasteiger partial charge on any atom is 0.186 e. The molecule has 1 atom stereocenters. The second-order valence-electron chi connectivity index (χ2n) is 2.35. The maximum atomic E-state index is 13.0. The van der Waals surface area contributed by atoms with Gasteiger partial charge in [0.25, 0.3) is 0 Å². The van der Waals surface area contributed by atoms with Crippen LogP contribution in [0, 0.1) is 12.3 Å². The average molecular weight is 263 g/mol. The van der Waals surface area contributed by atoms with Crippen molar-refractivity contribution in [1.82, 2.24) is 0 Å². The molecule has 0 aliphatic heterocycles. The van der Waals surface area contributed by atoms with Gasteiger partial charge in [-0.15, -0.1) is 6.42 Å². The van der Waals surface area contributed by atoms with E-state index in [4.69, 9.17) is 23.1 Å². The number of halogens is 3. The molecule has 0 aliphatic rings. The lowest BCUT2D eigenvalue weighted by molar-refractivity contribution is 0.425. The Morgan fingerprint density at radius 1 is 1.62 bits per heavy atom. The van der Waals surface area contributed by atoms with Crippen molar-refractivity contribution >= 4 is 27.5 Å². The Kier molecular flexibility index (Phi) is 3.18. The van der Waals surface area contributed by atoms with E-state index in [9.17, 15) is 4.39 Å². The second kappa shape index (κ2) is 3.99. The highest BCUT2D eigenvalue weighted by Gasteiger charge is 2.13. The van der Waals surface area contributed by atoms with Crippen molar-refractivity contribution in [3.05, 3.63) is 27.2 Å². The second-order valence-corrected chi connectivity index (χ2v) is 3.62. The van der Waals surface area contributed by atoms with Crippen LogP contribution in [-0.2, 0) is 0 Å². The first-order chi connectivity index (χ1) is 6.06. The molecule has 0 radical (unpaired) electrons. The van der Waals surface area contributed by atoms with Gasteiger partial charge in [-0.2, -0.15) is 0 Å². The number of hydrogen-bond donors (Lipinski definition) is 1. The summed E-state index contributed by atoms with van der Waals surface area (Å²) < 4.78 is 13.4. The summed E-state index contributed by atoms with van der Waals surface area (Å²) in [7, 11) is 0. The molecule has 1 rings (SSSR count). The van der Waals surface area contributed by atoms with Crippen LogP contribution in [0.3, 0.4) is 0 Å². The third-order valence-corrected chi connectivity index (χ3v) is 2.48. The Balaban J connectivity index is 3.25. The molecule has 1 aromatic carbocycles. The van der Waals surface area contributed by atoms with E-state index in [1.165, 1.54) is 12.1 Å². The number of phenols is 1. The Morgan fingerprint density at radius 3 is 2.77 bits per heavy atom. The van der Waals surface area contributed by atoms with E-state index in [1.54, 1.807) is 0 Å². The van der Waals surface area contributed by atoms with Gasteiger partial charge in [0.2, 0.25) is 0 Å². The molecule has 0 aliphatic carbocycles. The monoisotopic (exact) mass is 262 g/mol. The van der Waals surface area contributed by atoms with Crippen molar-refractivity contribution in [2.24, 2.45) is 0 Å². The van der Waals surface area contributed by atoms with E-state index in [1.807, 2.05) is 5.92 Å². The predicted octanol–water partition coefficient (Wildman–Crippen LogP) is 3.45. The maximum absolute atomic E-state index is 13.0. The Labute approximate surface area is 88.7 Å². The minimum atomic E-state index is -1.52. The number of benzene rings is 1. The molecule has 68 valence electrons. The van der Waals surface area contributed by atoms with Gasteiger partial charge in [-0.1, -0.05) is 33.5 Å². The zero-order chi connectivity index (χ0) is 10.0. The molecule has 0 saturated heterocycles. The van der Waals surface area contributed by atoms with Gasteiger partial charge in [-0.05, 0) is 12.1 Å². The lowest BCUT2D eigenvalue weighted by Crippen LogP contribution is -1.89. The van der Waals surface area contributed by atoms with Crippen LogP contribution >= 0.6 is 27.5 Å². The van der Waals surface area contributed by atoms with Gasteiger partial charge in [0, 0.05) is 10.0 Å². The quantitative estimate of drug-likeness (QED) is 0.770. The van der Waals surface area contributed by atoms with Gasteiger partial charge in [-0.3, -0.25) is 0 Å². The van der Waals surface area contributed by atoms with Crippen LogP contribution in [0.2, 0.25) is 5.02 Å². The van der Waals surface area contributed by atoms with Gasteiger partial charge in [0.1, 0.15) is 5.75 Å². The van der Waals surface area contributed by atoms with E-state index in [-0.39, 0.29) is 16.3 Å². The highest BCUT2D eigenvalue weighted by molar-refractivity contribution is 9.10. The molecule has 0 bridgehead atoms. The molecule has 4 heteroatoms. The highest BCUT2D eigenvalue weighted by Crippen LogP contribution is 2.34. The largest absolute Gasteiger partial charge is 0.506 e. The summed E-state index contributed by atoms with van der Waals surface area (Å²) in [5, 5.41) is 9.22. The first-order valence-corrected chi connectivity index (χ1v) is 4.51. The average Bonchev–Trinajstić information content (AvgIpc) is 2.10. The summed E-state index contributed by atoms with van der Waals surface area (Å²) in [4.78, 5) is 0. The molecule has 0 amide bonds. The fourth-order valence-corrected chi connectivity index (χ4v) is 1.54. The Morgan fingerprint density at radius 2 is 2.23 bits per heavy atom. The van der Waals surface area contributed by atoms with E-state index in [2.05, 4.69) is 15.9 Å². The van der Waals surface area contributed by atoms with Gasteiger partial charge in [-0.25, -0.2) is 4.39 Å². The summed E-state index contributed by atoms with van der Waals surface area (Å²) in [5.41, 5.74) is 0.241. The van der Waals surface area contributed by atoms with Crippen molar-refractivity contribution in [3.63, 3.8) is 0 Å². The molecular formula is C9H5BrClFO. The number of phenolic OH excluding ortho intramolecular Hbond substituents is 1. The summed E-state index contributed by atoms with van der Waals surface area (Å²) in [6, 6.07) is 2.60. The van der Waals surface area contributed by atoms with E-state index < -0.39 is 6.17 Å². The Hall–Kier alpha value is -0.720. The molecule has 0 aromatic heterocycles. The minimum absolute atomic E-state index is 0.0797. The van der Waals surface area contributed by atoms with Crippen LogP contribution in [0.5, 0.6) is 5.75 Å². The van der Waals surface area contributed by atoms with Crippen LogP contribution in [0.25, 0.3) is 0 Å². The summed E-state index contributed by atoms with van der Waals surface area (Å²) >= 11 is 8.65. The van der Waals surface area contributed by atoms with Gasteiger partial charge in [0.05, 0.1) is 5.02 Å². The molecule has 13 heavy (non-hydrogen) atoms. The lowest BCUT2D eigenvalue weighted by atomic mass is 10.1. The van der Waals surface area contributed by atoms with Gasteiger partial charge >= 0.3 is 0 Å². The first kappa shape index (κ1) is 10.4. The minimum Gasteiger partial charge on any atom is -0.506 e. The van der Waals surface area contributed by atoms with Crippen molar-refractivity contribution in [2.45, 2.75) is 6.17 Å². The van der Waals surface area contributed by atoms with Gasteiger partial charge in [0.15, 0.2) is 6.17 Å². The molecule has 1 unspecified atom stereocenters. The van der Waals surface area contributed by atoms with E-state index in [0.717, 1.165) is 0 Å². The zero-order valence-electron chi connectivity index (χ0n) is 6.39. The molecule has 1 nitrogen and oxygen atoms in total. The van der Waals surface area contributed by atoms with E-state index >= 15 is 0 Å². The summed E-state index contributed by atoms with van der Waals surface area (Å²) in [6.45, 7) is 0. The number of rotatable bonds is 1. The number of hydrogen-bond acceptors (Lipinski definition) is 1. The number of terminal acetylenes is 1. The van der Waals surface area contributed by atoms with Crippen LogP contribution in [0.1, 0.15) is 11.7 Å². The third-order valence-electron chi connectivity index (χ3n) is 1.49. The first-order valence-electron chi connectivity index (χ1n) is 3.34. The summed E-state index contributed by atoms with van der Waals surface area (Å²) in [5.74, 6) is 1.82. The standard InChI is InChI=1S/C9H5BrClFO/c1-2-8(12)5-3-7(11)9(13)4-6(5)10/h1,3-4,8,13H. The van der Waals surface area contributed by atoms with Gasteiger partial charge < -0.3 is 5.11 Å². The molecule has 0 saturated carbocycles. The van der Waals surface area contributed by atoms with Crippen LogP contribution in [0.15, 0.2) is 16.6 Å². The molecule has 1 N–H and O–H groups in total. The van der Waals surface area contributed by atoms with E-state index in [0.29, 0.717) is 4.47 Å². The zero-order valence-corrected chi connectivity index (χ0v) is 8.73. The van der Waals surface area contributed by atoms with Crippen LogP contribution in [0.4, 0.5) is 4.39 Å². The predicted molar refractivity (Wildman–Crippen MR) is 53.5 cm³/mol. The molecule has 0 fully saturated rings. The number of aromatic hydroxyl groups is 1. The fraction of sp³-hybridized carbons (Fsp3) is 0.111.